The minimum Gasteiger partial charge on any atom is -0.299 e. The van der Waals surface area contributed by atoms with Gasteiger partial charge in [-0.05, 0) is 37.1 Å². The Hall–Kier alpha value is -2.07. The molecule has 0 aliphatic rings. The van der Waals surface area contributed by atoms with E-state index in [-0.39, 0.29) is 0 Å². The van der Waals surface area contributed by atoms with Gasteiger partial charge in [-0.2, -0.15) is 5.10 Å². The maximum Gasteiger partial charge on any atom is 0.0721 e. The van der Waals surface area contributed by atoms with Crippen LogP contribution in [0, 0.1) is 13.8 Å². The summed E-state index contributed by atoms with van der Waals surface area (Å²) >= 11 is 1.80. The third-order valence-electron chi connectivity index (χ3n) is 3.76. The van der Waals surface area contributed by atoms with Crippen molar-refractivity contribution in [3.8, 4) is 0 Å². The molecule has 2 aromatic carbocycles. The van der Waals surface area contributed by atoms with E-state index in [0.717, 1.165) is 0 Å². The number of benzene rings is 2. The molecule has 0 spiro atoms. The highest BCUT2D eigenvalue weighted by Crippen LogP contribution is 2.26. The van der Waals surface area contributed by atoms with Gasteiger partial charge in [0, 0.05) is 19.5 Å². The maximum absolute atomic E-state index is 4.17. The Balaban J connectivity index is 0.000000210. The summed E-state index contributed by atoms with van der Waals surface area (Å²) in [7, 11) is 4.06. The second-order valence-electron chi connectivity index (χ2n) is 5.29. The van der Waals surface area contributed by atoms with Gasteiger partial charge >= 0.3 is 0 Å². The molecular weight excluding hydrogens is 326 g/mol. The Labute approximate surface area is 156 Å². The molecule has 0 amide bonds. The van der Waals surface area contributed by atoms with Crippen LogP contribution in [0.4, 0.5) is 0 Å². The third-order valence-corrected chi connectivity index (χ3v) is 4.74. The van der Waals surface area contributed by atoms with Crippen LogP contribution in [-0.4, -0.2) is 13.7 Å². The van der Waals surface area contributed by atoms with Crippen molar-refractivity contribution >= 4 is 32.7 Å². The SMILES string of the molecule is CC.CC.Cc1cccc2c1cnn2C.Cc1cccc2sn(C)c12. The molecule has 0 aliphatic heterocycles. The van der Waals surface area contributed by atoms with Crippen molar-refractivity contribution < 1.29 is 0 Å². The first-order chi connectivity index (χ1) is 12.1. The zero-order chi connectivity index (χ0) is 19.0. The molecule has 0 atom stereocenters. The van der Waals surface area contributed by atoms with Gasteiger partial charge in [-0.1, -0.05) is 63.5 Å². The summed E-state index contributed by atoms with van der Waals surface area (Å²) in [5.41, 5.74) is 5.26. The fourth-order valence-electron chi connectivity index (χ4n) is 2.59. The lowest BCUT2D eigenvalue weighted by Gasteiger charge is -2.10. The fourth-order valence-corrected chi connectivity index (χ4v) is 3.61. The normalized spacial score (nSPS) is 9.60. The van der Waals surface area contributed by atoms with Crippen molar-refractivity contribution in [1.29, 1.82) is 0 Å². The van der Waals surface area contributed by atoms with E-state index < -0.39 is 0 Å². The highest BCUT2D eigenvalue weighted by atomic mass is 32.1. The number of aromatic nitrogens is 3. The molecular formula is C21H31N3S. The largest absolute Gasteiger partial charge is 0.299 e. The van der Waals surface area contributed by atoms with Crippen LogP contribution in [0.5, 0.6) is 0 Å². The standard InChI is InChI=1S/C9H10N2.C8H9NS.2C2H6/c1-7-4-3-5-9-8(7)6-10-11(9)2;1-6-4-3-5-7-8(6)9(2)10-7;2*1-2/h3-6H,1-2H3;3-5H,1-2H3;2*1-2H3. The van der Waals surface area contributed by atoms with Gasteiger partial charge < -0.3 is 0 Å². The molecule has 0 N–H and O–H groups in total. The van der Waals surface area contributed by atoms with Crippen LogP contribution >= 0.6 is 11.5 Å². The second kappa shape index (κ2) is 10.0. The zero-order valence-electron chi connectivity index (χ0n) is 16.8. The second-order valence-corrected chi connectivity index (χ2v) is 6.46. The average Bonchev–Trinajstić information content (AvgIpc) is 3.00. The van der Waals surface area contributed by atoms with Crippen LogP contribution in [0.1, 0.15) is 38.8 Å². The molecule has 4 heteroatoms. The Kier molecular flexibility index (Phi) is 8.42. The summed E-state index contributed by atoms with van der Waals surface area (Å²) in [4.78, 5) is 0. The van der Waals surface area contributed by atoms with E-state index in [0.29, 0.717) is 0 Å². The first-order valence-electron chi connectivity index (χ1n) is 8.96. The van der Waals surface area contributed by atoms with Crippen LogP contribution in [0.2, 0.25) is 0 Å². The Morgan fingerprint density at radius 1 is 0.840 bits per heavy atom. The summed E-state index contributed by atoms with van der Waals surface area (Å²) in [5.74, 6) is 0. The van der Waals surface area contributed by atoms with Gasteiger partial charge in [0.25, 0.3) is 0 Å². The molecule has 4 aromatic rings. The number of nitrogens with zero attached hydrogens (tertiary/aromatic N) is 3. The molecule has 136 valence electrons. The van der Waals surface area contributed by atoms with Crippen LogP contribution < -0.4 is 0 Å². The highest BCUT2D eigenvalue weighted by molar-refractivity contribution is 7.16. The predicted molar refractivity (Wildman–Crippen MR) is 114 cm³/mol. The molecule has 0 unspecified atom stereocenters. The van der Waals surface area contributed by atoms with Crippen molar-refractivity contribution in [2.75, 3.05) is 0 Å². The van der Waals surface area contributed by atoms with Crippen molar-refractivity contribution in [3.63, 3.8) is 0 Å². The van der Waals surface area contributed by atoms with Crippen LogP contribution in [0.3, 0.4) is 0 Å². The van der Waals surface area contributed by atoms with Crippen molar-refractivity contribution in [2.24, 2.45) is 14.1 Å². The van der Waals surface area contributed by atoms with Gasteiger partial charge in [0.15, 0.2) is 0 Å². The van der Waals surface area contributed by atoms with Gasteiger partial charge in [-0.3, -0.25) is 8.64 Å². The minimum absolute atomic E-state index is 1.20. The lowest BCUT2D eigenvalue weighted by Crippen LogP contribution is -1.94. The molecule has 0 radical (unpaired) electrons. The van der Waals surface area contributed by atoms with Crippen LogP contribution in [0.25, 0.3) is 21.1 Å². The van der Waals surface area contributed by atoms with Gasteiger partial charge in [-0.25, -0.2) is 0 Å². The first kappa shape index (κ1) is 21.0. The number of rotatable bonds is 0. The topological polar surface area (TPSA) is 22.8 Å². The van der Waals surface area contributed by atoms with E-state index in [9.17, 15) is 0 Å². The summed E-state index contributed by atoms with van der Waals surface area (Å²) in [6, 6.07) is 12.6. The lowest BCUT2D eigenvalue weighted by molar-refractivity contribution is 0.797. The average molecular weight is 358 g/mol. The molecule has 2 aromatic heterocycles. The number of hydrogen-bond donors (Lipinski definition) is 0. The molecule has 2 heterocycles. The molecule has 0 saturated heterocycles. The monoisotopic (exact) mass is 357 g/mol. The lowest BCUT2D eigenvalue weighted by atomic mass is 10.1. The molecule has 0 bridgehead atoms. The first-order valence-corrected chi connectivity index (χ1v) is 9.74. The summed E-state index contributed by atoms with van der Waals surface area (Å²) in [6.07, 6.45) is 1.91. The highest BCUT2D eigenvalue weighted by Gasteiger charge is 2.03. The van der Waals surface area contributed by atoms with Crippen molar-refractivity contribution in [1.82, 2.24) is 13.7 Å². The molecule has 0 saturated carbocycles. The predicted octanol–water partition coefficient (Wildman–Crippen LogP) is 6.48. The van der Waals surface area contributed by atoms with E-state index in [2.05, 4.69) is 66.3 Å². The molecule has 3 nitrogen and oxygen atoms in total. The van der Waals surface area contributed by atoms with Gasteiger partial charge in [-0.15, -0.1) is 0 Å². The quantitative estimate of drug-likeness (QED) is 0.353. The smallest absolute Gasteiger partial charge is 0.0721 e. The fraction of sp³-hybridized carbons (Fsp3) is 0.381. The van der Waals surface area contributed by atoms with Gasteiger partial charge in [0.2, 0.25) is 0 Å². The minimum atomic E-state index is 1.20. The maximum atomic E-state index is 4.17. The number of hydrogen-bond acceptors (Lipinski definition) is 2. The summed E-state index contributed by atoms with van der Waals surface area (Å²) in [5, 5.41) is 5.42. The van der Waals surface area contributed by atoms with E-state index >= 15 is 0 Å². The molecule has 0 fully saturated rings. The van der Waals surface area contributed by atoms with Crippen molar-refractivity contribution in [3.05, 3.63) is 53.7 Å². The number of fused-ring (bicyclic) bond motifs is 2. The van der Waals surface area contributed by atoms with E-state index in [1.54, 1.807) is 11.5 Å². The zero-order valence-corrected chi connectivity index (χ0v) is 17.6. The molecule has 25 heavy (non-hydrogen) atoms. The van der Waals surface area contributed by atoms with Crippen LogP contribution in [0.15, 0.2) is 42.6 Å². The van der Waals surface area contributed by atoms with E-state index in [1.807, 2.05) is 45.6 Å². The Bertz CT molecular complexity index is 896. The number of para-hydroxylation sites is 1. The Morgan fingerprint density at radius 2 is 1.44 bits per heavy atom. The summed E-state index contributed by atoms with van der Waals surface area (Å²) < 4.78 is 5.50. The van der Waals surface area contributed by atoms with Crippen LogP contribution in [-0.2, 0) is 14.1 Å². The Morgan fingerprint density at radius 3 is 1.96 bits per heavy atom. The summed E-state index contributed by atoms with van der Waals surface area (Å²) in [6.45, 7) is 12.2. The third kappa shape index (κ3) is 4.73. The van der Waals surface area contributed by atoms with Gasteiger partial charge in [0.05, 0.1) is 21.9 Å². The van der Waals surface area contributed by atoms with Gasteiger partial charge in [0.1, 0.15) is 0 Å². The molecule has 0 aliphatic carbocycles. The van der Waals surface area contributed by atoms with E-state index in [4.69, 9.17) is 0 Å². The number of aryl methyl sites for hydroxylation is 4. The van der Waals surface area contributed by atoms with E-state index in [1.165, 1.54) is 32.2 Å². The van der Waals surface area contributed by atoms with Crippen molar-refractivity contribution in [2.45, 2.75) is 41.5 Å². The molecule has 4 rings (SSSR count).